The van der Waals surface area contributed by atoms with Crippen LogP contribution in [0.2, 0.25) is 0 Å². The number of fused-ring (bicyclic) bond motifs is 1. The van der Waals surface area contributed by atoms with E-state index in [9.17, 15) is 18.0 Å². The predicted molar refractivity (Wildman–Crippen MR) is 75.3 cm³/mol. The van der Waals surface area contributed by atoms with Gasteiger partial charge in [-0.2, -0.15) is 23.0 Å². The lowest BCUT2D eigenvalue weighted by molar-refractivity contribution is -0.183. The summed E-state index contributed by atoms with van der Waals surface area (Å²) in [6.45, 7) is 0.152. The van der Waals surface area contributed by atoms with E-state index in [-0.39, 0.29) is 25.9 Å². The third kappa shape index (κ3) is 2.60. The molecule has 1 saturated heterocycles. The summed E-state index contributed by atoms with van der Waals surface area (Å²) in [5.74, 6) is -1.33. The van der Waals surface area contributed by atoms with E-state index in [0.717, 1.165) is 5.39 Å². The van der Waals surface area contributed by atoms with E-state index in [2.05, 4.69) is 5.10 Å². The SMILES string of the molecule is Nc1ccc2cnn(C(=O)N3CCC(C(F)(F)F)CC3)c2c1. The maximum Gasteiger partial charge on any atom is 0.391 e. The molecule has 5 nitrogen and oxygen atoms in total. The van der Waals surface area contributed by atoms with Gasteiger partial charge in [0.1, 0.15) is 0 Å². The average molecular weight is 312 g/mol. The summed E-state index contributed by atoms with van der Waals surface area (Å²) in [6, 6.07) is 4.66. The number of aromatic nitrogens is 2. The molecule has 2 heterocycles. The first-order valence-electron chi connectivity index (χ1n) is 6.95. The van der Waals surface area contributed by atoms with Gasteiger partial charge < -0.3 is 10.6 Å². The number of alkyl halides is 3. The van der Waals surface area contributed by atoms with Crippen molar-refractivity contribution in [2.24, 2.45) is 5.92 Å². The van der Waals surface area contributed by atoms with Gasteiger partial charge in [0.15, 0.2) is 0 Å². The zero-order valence-electron chi connectivity index (χ0n) is 11.7. The lowest BCUT2D eigenvalue weighted by Crippen LogP contribution is -2.44. The van der Waals surface area contributed by atoms with E-state index in [4.69, 9.17) is 5.73 Å². The minimum Gasteiger partial charge on any atom is -0.399 e. The van der Waals surface area contributed by atoms with Crippen LogP contribution in [0.1, 0.15) is 12.8 Å². The number of anilines is 1. The molecule has 1 aliphatic rings. The van der Waals surface area contributed by atoms with E-state index in [0.29, 0.717) is 11.2 Å². The largest absolute Gasteiger partial charge is 0.399 e. The first-order valence-corrected chi connectivity index (χ1v) is 6.95. The number of hydrogen-bond acceptors (Lipinski definition) is 3. The number of nitrogens with zero attached hydrogens (tertiary/aromatic N) is 3. The topological polar surface area (TPSA) is 64.1 Å². The number of nitrogens with two attached hydrogens (primary N) is 1. The van der Waals surface area contributed by atoms with Crippen LogP contribution in [0.15, 0.2) is 24.4 Å². The van der Waals surface area contributed by atoms with Crippen molar-refractivity contribution < 1.29 is 18.0 Å². The molecule has 1 fully saturated rings. The molecule has 1 aromatic heterocycles. The van der Waals surface area contributed by atoms with E-state index in [1.165, 1.54) is 15.8 Å². The molecule has 0 radical (unpaired) electrons. The lowest BCUT2D eigenvalue weighted by Gasteiger charge is -2.32. The molecule has 0 bridgehead atoms. The molecule has 8 heteroatoms. The molecule has 1 aliphatic heterocycles. The van der Waals surface area contributed by atoms with Gasteiger partial charge in [-0.25, -0.2) is 4.79 Å². The molecule has 0 unspecified atom stereocenters. The fourth-order valence-electron chi connectivity index (χ4n) is 2.72. The molecule has 3 rings (SSSR count). The summed E-state index contributed by atoms with van der Waals surface area (Å²) < 4.78 is 39.2. The molecular formula is C14H15F3N4O. The zero-order chi connectivity index (χ0) is 15.9. The van der Waals surface area contributed by atoms with Crippen molar-refractivity contribution >= 4 is 22.6 Å². The van der Waals surface area contributed by atoms with Gasteiger partial charge in [-0.1, -0.05) is 0 Å². The number of rotatable bonds is 0. The van der Waals surface area contributed by atoms with Gasteiger partial charge in [-0.15, -0.1) is 0 Å². The molecule has 1 aromatic carbocycles. The Morgan fingerprint density at radius 1 is 1.27 bits per heavy atom. The van der Waals surface area contributed by atoms with Crippen LogP contribution in [0, 0.1) is 5.92 Å². The molecule has 2 N–H and O–H groups in total. The highest BCUT2D eigenvalue weighted by atomic mass is 19.4. The van der Waals surface area contributed by atoms with Gasteiger partial charge in [0.05, 0.1) is 17.6 Å². The molecule has 2 aromatic rings. The van der Waals surface area contributed by atoms with Gasteiger partial charge in [-0.3, -0.25) is 0 Å². The van der Waals surface area contributed by atoms with Gasteiger partial charge in [0, 0.05) is 24.2 Å². The number of hydrogen-bond donors (Lipinski definition) is 1. The first-order chi connectivity index (χ1) is 10.4. The Kier molecular flexibility index (Phi) is 3.46. The Bertz CT molecular complexity index is 702. The van der Waals surface area contributed by atoms with Crippen molar-refractivity contribution in [3.8, 4) is 0 Å². The molecule has 118 valence electrons. The van der Waals surface area contributed by atoms with E-state index >= 15 is 0 Å². The normalized spacial score (nSPS) is 17.1. The molecule has 0 aliphatic carbocycles. The van der Waals surface area contributed by atoms with Crippen LogP contribution in [0.25, 0.3) is 10.9 Å². The quantitative estimate of drug-likeness (QED) is 0.761. The second-order valence-electron chi connectivity index (χ2n) is 5.46. The Hall–Kier alpha value is -2.25. The minimum atomic E-state index is -4.19. The molecule has 0 spiro atoms. The summed E-state index contributed by atoms with van der Waals surface area (Å²) in [5.41, 5.74) is 6.76. The standard InChI is InChI=1S/C14H15F3N4O/c15-14(16,17)10-3-5-20(6-4-10)13(22)21-12-7-11(18)2-1-9(12)8-19-21/h1-2,7-8,10H,3-6,18H2. The van der Waals surface area contributed by atoms with Crippen LogP contribution in [-0.2, 0) is 0 Å². The van der Waals surface area contributed by atoms with Crippen LogP contribution in [-0.4, -0.2) is 40.0 Å². The Labute approximate surface area is 124 Å². The Morgan fingerprint density at radius 3 is 2.59 bits per heavy atom. The third-order valence-corrected chi connectivity index (χ3v) is 4.00. The number of carbonyl (C=O) groups is 1. The zero-order valence-corrected chi connectivity index (χ0v) is 11.7. The fraction of sp³-hybridized carbons (Fsp3) is 0.429. The van der Waals surface area contributed by atoms with Crippen molar-refractivity contribution in [2.75, 3.05) is 18.8 Å². The number of amides is 1. The van der Waals surface area contributed by atoms with Crippen molar-refractivity contribution in [1.29, 1.82) is 0 Å². The van der Waals surface area contributed by atoms with Gasteiger partial charge in [-0.05, 0) is 31.0 Å². The highest BCUT2D eigenvalue weighted by molar-refractivity contribution is 5.91. The van der Waals surface area contributed by atoms with Crippen LogP contribution in [0.4, 0.5) is 23.7 Å². The summed E-state index contributed by atoms with van der Waals surface area (Å²) in [4.78, 5) is 13.8. The molecule has 0 atom stereocenters. The van der Waals surface area contributed by atoms with Crippen LogP contribution < -0.4 is 5.73 Å². The number of carbonyl (C=O) groups excluding carboxylic acids is 1. The number of halogens is 3. The monoisotopic (exact) mass is 312 g/mol. The van der Waals surface area contributed by atoms with E-state index in [1.807, 2.05) is 0 Å². The van der Waals surface area contributed by atoms with Crippen molar-refractivity contribution in [1.82, 2.24) is 14.7 Å². The minimum absolute atomic E-state index is 0.0728. The smallest absolute Gasteiger partial charge is 0.391 e. The summed E-state index contributed by atoms with van der Waals surface area (Å²) >= 11 is 0. The fourth-order valence-corrected chi connectivity index (χ4v) is 2.72. The highest BCUT2D eigenvalue weighted by Gasteiger charge is 2.42. The maximum atomic E-state index is 12.7. The van der Waals surface area contributed by atoms with Gasteiger partial charge >= 0.3 is 12.2 Å². The number of benzene rings is 1. The average Bonchev–Trinajstić information content (AvgIpc) is 2.88. The molecule has 1 amide bonds. The predicted octanol–water partition coefficient (Wildman–Crippen LogP) is 2.86. The Balaban J connectivity index is 1.78. The van der Waals surface area contributed by atoms with Crippen LogP contribution in [0.3, 0.4) is 0 Å². The lowest BCUT2D eigenvalue weighted by atomic mass is 9.96. The molecular weight excluding hydrogens is 297 g/mol. The van der Waals surface area contributed by atoms with E-state index < -0.39 is 18.1 Å². The summed E-state index contributed by atoms with van der Waals surface area (Å²) in [5, 5.41) is 4.78. The van der Waals surface area contributed by atoms with Crippen molar-refractivity contribution in [2.45, 2.75) is 19.0 Å². The Morgan fingerprint density at radius 2 is 1.95 bits per heavy atom. The second kappa shape index (κ2) is 5.19. The molecule has 22 heavy (non-hydrogen) atoms. The van der Waals surface area contributed by atoms with Crippen LogP contribution >= 0.6 is 0 Å². The molecule has 0 saturated carbocycles. The summed E-state index contributed by atoms with van der Waals surface area (Å²) in [6.07, 6.45) is -2.80. The van der Waals surface area contributed by atoms with E-state index in [1.54, 1.807) is 18.2 Å². The van der Waals surface area contributed by atoms with Crippen LogP contribution in [0.5, 0.6) is 0 Å². The highest BCUT2D eigenvalue weighted by Crippen LogP contribution is 2.34. The van der Waals surface area contributed by atoms with Gasteiger partial charge in [0.25, 0.3) is 0 Å². The van der Waals surface area contributed by atoms with Gasteiger partial charge in [0.2, 0.25) is 0 Å². The number of nitrogen functional groups attached to an aromatic ring is 1. The van der Waals surface area contributed by atoms with Crippen molar-refractivity contribution in [3.63, 3.8) is 0 Å². The van der Waals surface area contributed by atoms with Crippen molar-refractivity contribution in [3.05, 3.63) is 24.4 Å². The maximum absolute atomic E-state index is 12.7. The number of likely N-dealkylation sites (tertiary alicyclic amines) is 1. The second-order valence-corrected chi connectivity index (χ2v) is 5.46. The first kappa shape index (κ1) is 14.7. The third-order valence-electron chi connectivity index (χ3n) is 4.00. The number of piperidine rings is 1. The summed E-state index contributed by atoms with van der Waals surface area (Å²) in [7, 11) is 0.